The molecule has 7 nitrogen and oxygen atoms in total. The second-order valence-corrected chi connectivity index (χ2v) is 4.53. The van der Waals surface area contributed by atoms with Gasteiger partial charge in [-0.2, -0.15) is 0 Å². The summed E-state index contributed by atoms with van der Waals surface area (Å²) in [6.45, 7) is 3.01. The maximum absolute atomic E-state index is 12.1. The van der Waals surface area contributed by atoms with E-state index >= 15 is 0 Å². The molecule has 0 aromatic carbocycles. The molecule has 1 saturated heterocycles. The van der Waals surface area contributed by atoms with E-state index in [0.717, 1.165) is 0 Å². The Bertz CT molecular complexity index is 422. The number of aromatic nitrogens is 2. The third kappa shape index (κ3) is 2.57. The van der Waals surface area contributed by atoms with Gasteiger partial charge in [-0.3, -0.25) is 4.79 Å². The first-order chi connectivity index (χ1) is 8.61. The predicted molar refractivity (Wildman–Crippen MR) is 65.5 cm³/mol. The lowest BCUT2D eigenvalue weighted by atomic mass is 9.96. The van der Waals surface area contributed by atoms with Crippen molar-refractivity contribution >= 4 is 11.7 Å². The summed E-state index contributed by atoms with van der Waals surface area (Å²) in [5.74, 6) is 5.51. The number of hydrazine groups is 1. The SMILES string of the molecule is CC1CN(C(=O)c2ccc(NN)nn2)CCC1O. The molecule has 0 bridgehead atoms. The van der Waals surface area contributed by atoms with Gasteiger partial charge in [0.1, 0.15) is 0 Å². The molecule has 1 amide bonds. The van der Waals surface area contributed by atoms with E-state index in [0.29, 0.717) is 25.3 Å². The van der Waals surface area contributed by atoms with Crippen molar-refractivity contribution in [2.45, 2.75) is 19.4 Å². The van der Waals surface area contributed by atoms with E-state index in [-0.39, 0.29) is 23.6 Å². The number of amides is 1. The molecular weight excluding hydrogens is 234 g/mol. The number of nitrogen functional groups attached to an aromatic ring is 1. The Hall–Kier alpha value is -1.73. The number of piperidine rings is 1. The highest BCUT2D eigenvalue weighted by molar-refractivity contribution is 5.92. The average Bonchev–Trinajstić information content (AvgIpc) is 2.41. The molecule has 0 radical (unpaired) electrons. The average molecular weight is 251 g/mol. The molecule has 1 aliphatic heterocycles. The Kier molecular flexibility index (Phi) is 3.73. The highest BCUT2D eigenvalue weighted by Gasteiger charge is 2.28. The second-order valence-electron chi connectivity index (χ2n) is 4.53. The second kappa shape index (κ2) is 5.28. The van der Waals surface area contributed by atoms with E-state index in [2.05, 4.69) is 15.6 Å². The van der Waals surface area contributed by atoms with Crippen molar-refractivity contribution in [2.75, 3.05) is 18.5 Å². The first-order valence-electron chi connectivity index (χ1n) is 5.89. The van der Waals surface area contributed by atoms with Crippen LogP contribution in [0.3, 0.4) is 0 Å². The first kappa shape index (κ1) is 12.7. The van der Waals surface area contributed by atoms with E-state index in [9.17, 15) is 9.90 Å². The van der Waals surface area contributed by atoms with Gasteiger partial charge in [0.05, 0.1) is 6.10 Å². The summed E-state index contributed by atoms with van der Waals surface area (Å²) in [6, 6.07) is 3.18. The molecule has 98 valence electrons. The van der Waals surface area contributed by atoms with Crippen molar-refractivity contribution in [3.05, 3.63) is 17.8 Å². The van der Waals surface area contributed by atoms with E-state index < -0.39 is 0 Å². The maximum Gasteiger partial charge on any atom is 0.274 e. The molecule has 0 aliphatic carbocycles. The van der Waals surface area contributed by atoms with Crippen LogP contribution in [-0.4, -0.2) is 45.3 Å². The summed E-state index contributed by atoms with van der Waals surface area (Å²) < 4.78 is 0. The summed E-state index contributed by atoms with van der Waals surface area (Å²) >= 11 is 0. The van der Waals surface area contributed by atoms with E-state index in [4.69, 9.17) is 5.84 Å². The standard InChI is InChI=1S/C11H17N5O2/c1-7-6-16(5-4-9(7)17)11(18)8-2-3-10(13-12)15-14-8/h2-3,7,9,17H,4-6,12H2,1H3,(H,13,15). The number of aliphatic hydroxyl groups excluding tert-OH is 1. The molecule has 2 heterocycles. The summed E-state index contributed by atoms with van der Waals surface area (Å²) in [5.41, 5.74) is 2.64. The van der Waals surface area contributed by atoms with Gasteiger partial charge in [0.2, 0.25) is 0 Å². The molecule has 1 aliphatic rings. The van der Waals surface area contributed by atoms with Gasteiger partial charge in [0.25, 0.3) is 5.91 Å². The van der Waals surface area contributed by atoms with Gasteiger partial charge in [0.15, 0.2) is 11.5 Å². The Balaban J connectivity index is 2.06. The fraction of sp³-hybridized carbons (Fsp3) is 0.545. The summed E-state index contributed by atoms with van der Waals surface area (Å²) in [6.07, 6.45) is 0.270. The molecule has 7 heteroatoms. The third-order valence-electron chi connectivity index (χ3n) is 3.18. The fourth-order valence-electron chi connectivity index (χ4n) is 2.00. The Morgan fingerprint density at radius 1 is 1.56 bits per heavy atom. The number of anilines is 1. The van der Waals surface area contributed by atoms with E-state index in [1.807, 2.05) is 6.92 Å². The molecule has 0 spiro atoms. The van der Waals surface area contributed by atoms with Crippen LogP contribution in [0.1, 0.15) is 23.8 Å². The van der Waals surface area contributed by atoms with Gasteiger partial charge in [-0.1, -0.05) is 6.92 Å². The topological polar surface area (TPSA) is 104 Å². The maximum atomic E-state index is 12.1. The van der Waals surface area contributed by atoms with E-state index in [1.165, 1.54) is 0 Å². The summed E-state index contributed by atoms with van der Waals surface area (Å²) in [7, 11) is 0. The van der Waals surface area contributed by atoms with Crippen LogP contribution >= 0.6 is 0 Å². The van der Waals surface area contributed by atoms with Gasteiger partial charge in [-0.05, 0) is 24.5 Å². The van der Waals surface area contributed by atoms with Crippen LogP contribution in [0.5, 0.6) is 0 Å². The summed E-state index contributed by atoms with van der Waals surface area (Å²) in [4.78, 5) is 13.8. The van der Waals surface area contributed by atoms with Crippen molar-refractivity contribution in [3.63, 3.8) is 0 Å². The normalized spacial score (nSPS) is 23.8. The number of aliphatic hydroxyl groups is 1. The molecule has 4 N–H and O–H groups in total. The van der Waals surface area contributed by atoms with Gasteiger partial charge < -0.3 is 15.4 Å². The number of hydrogen-bond acceptors (Lipinski definition) is 6. The zero-order valence-corrected chi connectivity index (χ0v) is 10.2. The van der Waals surface area contributed by atoms with Crippen molar-refractivity contribution in [1.29, 1.82) is 0 Å². The predicted octanol–water partition coefficient (Wildman–Crippen LogP) is -0.395. The minimum absolute atomic E-state index is 0.0839. The molecule has 0 saturated carbocycles. The summed E-state index contributed by atoms with van der Waals surface area (Å²) in [5, 5.41) is 17.2. The molecular formula is C11H17N5O2. The number of likely N-dealkylation sites (tertiary alicyclic amines) is 1. The smallest absolute Gasteiger partial charge is 0.274 e. The van der Waals surface area contributed by atoms with Crippen LogP contribution < -0.4 is 11.3 Å². The van der Waals surface area contributed by atoms with Crippen molar-refractivity contribution in [3.8, 4) is 0 Å². The lowest BCUT2D eigenvalue weighted by Gasteiger charge is -2.34. The van der Waals surface area contributed by atoms with E-state index in [1.54, 1.807) is 17.0 Å². The van der Waals surface area contributed by atoms with Crippen LogP contribution in [0.25, 0.3) is 0 Å². The van der Waals surface area contributed by atoms with Gasteiger partial charge in [-0.15, -0.1) is 10.2 Å². The zero-order chi connectivity index (χ0) is 13.1. The molecule has 1 aromatic heterocycles. The minimum atomic E-state index is -0.330. The number of carbonyl (C=O) groups is 1. The van der Waals surface area contributed by atoms with Crippen LogP contribution in [-0.2, 0) is 0 Å². The third-order valence-corrected chi connectivity index (χ3v) is 3.18. The van der Waals surface area contributed by atoms with Crippen molar-refractivity contribution < 1.29 is 9.90 Å². The van der Waals surface area contributed by atoms with Crippen molar-refractivity contribution in [2.24, 2.45) is 11.8 Å². The van der Waals surface area contributed by atoms with Crippen LogP contribution in [0.15, 0.2) is 12.1 Å². The molecule has 1 aromatic rings. The molecule has 2 atom stereocenters. The Morgan fingerprint density at radius 2 is 2.33 bits per heavy atom. The number of hydrogen-bond donors (Lipinski definition) is 3. The van der Waals surface area contributed by atoms with Crippen LogP contribution in [0, 0.1) is 5.92 Å². The number of nitrogens with zero attached hydrogens (tertiary/aromatic N) is 3. The minimum Gasteiger partial charge on any atom is -0.393 e. The van der Waals surface area contributed by atoms with Gasteiger partial charge >= 0.3 is 0 Å². The Morgan fingerprint density at radius 3 is 2.89 bits per heavy atom. The fourth-order valence-corrected chi connectivity index (χ4v) is 2.00. The molecule has 2 rings (SSSR count). The molecule has 18 heavy (non-hydrogen) atoms. The van der Waals surface area contributed by atoms with Crippen molar-refractivity contribution in [1.82, 2.24) is 15.1 Å². The highest BCUT2D eigenvalue weighted by atomic mass is 16.3. The largest absolute Gasteiger partial charge is 0.393 e. The molecule has 2 unspecified atom stereocenters. The monoisotopic (exact) mass is 251 g/mol. The zero-order valence-electron chi connectivity index (χ0n) is 10.2. The number of nitrogens with one attached hydrogen (secondary N) is 1. The quantitative estimate of drug-likeness (QED) is 0.488. The van der Waals surface area contributed by atoms with Gasteiger partial charge in [0, 0.05) is 13.1 Å². The number of rotatable bonds is 2. The lowest BCUT2D eigenvalue weighted by molar-refractivity contribution is 0.0293. The number of carbonyl (C=O) groups excluding carboxylic acids is 1. The lowest BCUT2D eigenvalue weighted by Crippen LogP contribution is -2.45. The molecule has 1 fully saturated rings. The van der Waals surface area contributed by atoms with Crippen LogP contribution in [0.4, 0.5) is 5.82 Å². The first-order valence-corrected chi connectivity index (χ1v) is 5.89. The number of nitrogens with two attached hydrogens (primary N) is 1. The van der Waals surface area contributed by atoms with Gasteiger partial charge in [-0.25, -0.2) is 5.84 Å². The highest BCUT2D eigenvalue weighted by Crippen LogP contribution is 2.18. The Labute approximate surface area is 105 Å². The van der Waals surface area contributed by atoms with Crippen LogP contribution in [0.2, 0.25) is 0 Å².